The van der Waals surface area contributed by atoms with Crippen molar-refractivity contribution in [2.24, 2.45) is 21.8 Å². The van der Waals surface area contributed by atoms with Crippen molar-refractivity contribution in [1.29, 1.82) is 0 Å². The number of aromatic hydroxyl groups is 2. The number of hydrogen-bond donors (Lipinski definition) is 2. The van der Waals surface area contributed by atoms with Gasteiger partial charge in [-0.25, -0.2) is 0 Å². The van der Waals surface area contributed by atoms with Gasteiger partial charge in [-0.05, 0) is 91.2 Å². The molecule has 8 nitrogen and oxygen atoms in total. The van der Waals surface area contributed by atoms with Gasteiger partial charge in [0.1, 0.15) is 11.5 Å². The number of carbonyl (C=O) groups excluding carboxylic acids is 2. The Morgan fingerprint density at radius 1 is 0.682 bits per heavy atom. The van der Waals surface area contributed by atoms with Crippen molar-refractivity contribution in [3.63, 3.8) is 0 Å². The number of aliphatic imine (C=N–C) groups is 2. The van der Waals surface area contributed by atoms with E-state index in [9.17, 15) is 10.2 Å². The number of carboxylic acids is 2. The molecule has 0 unspecified atom stereocenters. The third kappa shape index (κ3) is 18.5. The van der Waals surface area contributed by atoms with Gasteiger partial charge in [-0.2, -0.15) is 0 Å². The molecule has 247 valence electrons. The van der Waals surface area contributed by atoms with Crippen LogP contribution in [0.3, 0.4) is 0 Å². The molecule has 0 fully saturated rings. The molecule has 44 heavy (non-hydrogen) atoms. The first kappa shape index (κ1) is 43.0. The molecule has 2 aromatic rings. The zero-order valence-corrected chi connectivity index (χ0v) is 29.1. The normalized spacial score (nSPS) is 11.0. The summed E-state index contributed by atoms with van der Waals surface area (Å²) in [4.78, 5) is 26.9. The standard InChI is InChI=1S/C31H46N2O2.2C2H4O2.Co/c1-20(2)12-24-14-26(30(34)28(16-24)22(5)6)18-32-10-9-11-33-19-27-15-25(13-21(3)4)17-29(23(7)8)31(27)35;2*1-2(3)4;/h14-23,34-35H,9-13H2,1-8H3;2*1H3,(H,3,4);/q;;;+2/p-2. The Kier molecular flexibility index (Phi) is 21.8. The molecule has 9 heteroatoms. The summed E-state index contributed by atoms with van der Waals surface area (Å²) in [6, 6.07) is 8.37. The number of phenolic OH excluding ortho intramolecular Hbond substituents is 2. The summed E-state index contributed by atoms with van der Waals surface area (Å²) >= 11 is 0. The molecule has 2 N–H and O–H groups in total. The minimum absolute atomic E-state index is 0. The van der Waals surface area contributed by atoms with Gasteiger partial charge in [-0.15, -0.1) is 0 Å². The van der Waals surface area contributed by atoms with E-state index in [1.165, 1.54) is 11.1 Å². The fourth-order valence-electron chi connectivity index (χ4n) is 4.32. The largest absolute Gasteiger partial charge is 2.00 e. The number of aliphatic carboxylic acids is 2. The van der Waals surface area contributed by atoms with Crippen LogP contribution in [-0.2, 0) is 39.2 Å². The van der Waals surface area contributed by atoms with Crippen LogP contribution in [0.4, 0.5) is 0 Å². The third-order valence-electron chi connectivity index (χ3n) is 6.02. The summed E-state index contributed by atoms with van der Waals surface area (Å²) in [5.74, 6) is 0.151. The Balaban J connectivity index is 0. The van der Waals surface area contributed by atoms with E-state index < -0.39 is 11.9 Å². The van der Waals surface area contributed by atoms with Gasteiger partial charge >= 0.3 is 16.8 Å². The smallest absolute Gasteiger partial charge is 0.550 e. The Labute approximate surface area is 275 Å². The van der Waals surface area contributed by atoms with Gasteiger partial charge in [0.05, 0.1) is 0 Å². The van der Waals surface area contributed by atoms with Gasteiger partial charge in [0.15, 0.2) is 0 Å². The van der Waals surface area contributed by atoms with Gasteiger partial charge < -0.3 is 30.0 Å². The minimum atomic E-state index is -1.08. The molecule has 2 aromatic carbocycles. The fourth-order valence-corrected chi connectivity index (χ4v) is 4.32. The van der Waals surface area contributed by atoms with E-state index in [0.29, 0.717) is 36.4 Å². The molecular formula is C35H52CoN2O6. The van der Waals surface area contributed by atoms with E-state index >= 15 is 0 Å². The summed E-state index contributed by atoms with van der Waals surface area (Å²) in [5, 5.41) is 39.2. The van der Waals surface area contributed by atoms with Crippen LogP contribution in [0.5, 0.6) is 11.5 Å². The molecule has 0 aliphatic heterocycles. The number of nitrogens with zero attached hydrogens (tertiary/aromatic N) is 2. The second-order valence-electron chi connectivity index (χ2n) is 12.2. The number of phenols is 2. The van der Waals surface area contributed by atoms with Crippen molar-refractivity contribution >= 4 is 24.4 Å². The van der Waals surface area contributed by atoms with Crippen LogP contribution < -0.4 is 10.2 Å². The second kappa shape index (κ2) is 22.4. The summed E-state index contributed by atoms with van der Waals surface area (Å²) in [7, 11) is 0. The molecule has 2 rings (SSSR count). The van der Waals surface area contributed by atoms with E-state index in [0.717, 1.165) is 55.4 Å². The molecule has 1 radical (unpaired) electrons. The zero-order chi connectivity index (χ0) is 33.3. The Bertz CT molecular complexity index is 1120. The number of benzene rings is 2. The maximum Gasteiger partial charge on any atom is 2.00 e. The molecule has 0 bridgehead atoms. The van der Waals surface area contributed by atoms with E-state index in [-0.39, 0.29) is 28.6 Å². The van der Waals surface area contributed by atoms with E-state index in [2.05, 4.69) is 89.6 Å². The molecule has 0 saturated heterocycles. The molecular weight excluding hydrogens is 603 g/mol. The molecule has 0 heterocycles. The minimum Gasteiger partial charge on any atom is -0.550 e. The number of carboxylic acid groups (broad SMARTS) is 2. The van der Waals surface area contributed by atoms with Gasteiger partial charge in [0.2, 0.25) is 0 Å². The maximum atomic E-state index is 10.7. The summed E-state index contributed by atoms with van der Waals surface area (Å²) in [6.07, 6.45) is 6.37. The van der Waals surface area contributed by atoms with E-state index in [1.54, 1.807) is 12.4 Å². The maximum absolute atomic E-state index is 10.7. The van der Waals surface area contributed by atoms with Crippen molar-refractivity contribution < 1.29 is 46.8 Å². The molecule has 0 amide bonds. The first-order chi connectivity index (χ1) is 20.0. The Hall–Kier alpha value is -3.17. The average molecular weight is 656 g/mol. The summed E-state index contributed by atoms with van der Waals surface area (Å²) in [6.45, 7) is 20.5. The van der Waals surface area contributed by atoms with Crippen LogP contribution >= 0.6 is 0 Å². The van der Waals surface area contributed by atoms with Crippen LogP contribution in [-0.4, -0.2) is 47.7 Å². The van der Waals surface area contributed by atoms with Gasteiger partial charge in [0.25, 0.3) is 0 Å². The first-order valence-electron chi connectivity index (χ1n) is 15.0. The first-order valence-corrected chi connectivity index (χ1v) is 15.0. The van der Waals surface area contributed by atoms with Crippen molar-refractivity contribution in [3.8, 4) is 11.5 Å². The van der Waals surface area contributed by atoms with E-state index in [4.69, 9.17) is 19.8 Å². The topological polar surface area (TPSA) is 145 Å². The SMILES string of the molecule is CC(=O)[O-].CC(=O)[O-].CC(C)Cc1cc(C=NCCCN=Cc2cc(CC(C)C)cc(C(C)C)c2O)c(O)c(C(C)C)c1.[Co+2]. The molecule has 0 saturated carbocycles. The van der Waals surface area contributed by atoms with Gasteiger partial charge in [-0.3, -0.25) is 9.98 Å². The molecule has 0 aliphatic carbocycles. The second-order valence-corrected chi connectivity index (χ2v) is 12.2. The van der Waals surface area contributed by atoms with Crippen LogP contribution in [0.1, 0.15) is 121 Å². The van der Waals surface area contributed by atoms with Crippen LogP contribution in [0.15, 0.2) is 34.3 Å². The van der Waals surface area contributed by atoms with Crippen molar-refractivity contribution in [2.45, 2.75) is 100 Å². The van der Waals surface area contributed by atoms with Crippen LogP contribution in [0.25, 0.3) is 0 Å². The third-order valence-corrected chi connectivity index (χ3v) is 6.02. The predicted molar refractivity (Wildman–Crippen MR) is 172 cm³/mol. The summed E-state index contributed by atoms with van der Waals surface area (Å²) < 4.78 is 0. The summed E-state index contributed by atoms with van der Waals surface area (Å²) in [5.41, 5.74) is 6.04. The van der Waals surface area contributed by atoms with E-state index in [1.807, 2.05) is 0 Å². The Morgan fingerprint density at radius 3 is 1.23 bits per heavy atom. The number of hydrogen-bond acceptors (Lipinski definition) is 8. The van der Waals surface area contributed by atoms with Crippen molar-refractivity contribution in [2.75, 3.05) is 13.1 Å². The van der Waals surface area contributed by atoms with Crippen molar-refractivity contribution in [1.82, 2.24) is 0 Å². The molecule has 0 aromatic heterocycles. The quantitative estimate of drug-likeness (QED) is 0.238. The number of rotatable bonds is 12. The fraction of sp³-hybridized carbons (Fsp3) is 0.543. The monoisotopic (exact) mass is 655 g/mol. The van der Waals surface area contributed by atoms with Gasteiger partial charge in [0, 0.05) is 48.6 Å². The molecule has 0 spiro atoms. The van der Waals surface area contributed by atoms with Crippen molar-refractivity contribution in [3.05, 3.63) is 57.6 Å². The number of carbonyl (C=O) groups is 2. The molecule has 0 aliphatic rings. The van der Waals surface area contributed by atoms with Crippen LogP contribution in [0, 0.1) is 11.8 Å². The average Bonchev–Trinajstić information content (AvgIpc) is 2.84. The molecule has 0 atom stereocenters. The zero-order valence-electron chi connectivity index (χ0n) is 28.1. The Morgan fingerprint density at radius 2 is 0.977 bits per heavy atom. The predicted octanol–water partition coefficient (Wildman–Crippen LogP) is 5.18. The van der Waals surface area contributed by atoms with Crippen LogP contribution in [0.2, 0.25) is 0 Å². The van der Waals surface area contributed by atoms with Gasteiger partial charge in [-0.1, -0.05) is 67.5 Å².